The molecule has 0 bridgehead atoms. The van der Waals surface area contributed by atoms with Crippen molar-refractivity contribution in [3.63, 3.8) is 0 Å². The summed E-state index contributed by atoms with van der Waals surface area (Å²) in [7, 11) is 0. The molecule has 2 heterocycles. The van der Waals surface area contributed by atoms with Crippen LogP contribution >= 0.6 is 0 Å². The number of anilines is 2. The van der Waals surface area contributed by atoms with Gasteiger partial charge < -0.3 is 16.5 Å². The molecule has 7 nitrogen and oxygen atoms in total. The van der Waals surface area contributed by atoms with Crippen molar-refractivity contribution in [1.82, 2.24) is 24.9 Å². The van der Waals surface area contributed by atoms with Crippen LogP contribution in [-0.2, 0) is 6.42 Å². The lowest BCUT2D eigenvalue weighted by molar-refractivity contribution is 0.561. The van der Waals surface area contributed by atoms with Gasteiger partial charge in [0.1, 0.15) is 11.6 Å². The van der Waals surface area contributed by atoms with Crippen LogP contribution in [0.2, 0.25) is 0 Å². The summed E-state index contributed by atoms with van der Waals surface area (Å²) < 4.78 is 0. The highest BCUT2D eigenvalue weighted by molar-refractivity contribution is 5.29. The van der Waals surface area contributed by atoms with Gasteiger partial charge in [-0.05, 0) is 12.8 Å². The Morgan fingerprint density at radius 3 is 1.97 bits per heavy atom. The van der Waals surface area contributed by atoms with Crippen molar-refractivity contribution >= 4 is 11.9 Å². The molecule has 1 atom stereocenters. The zero-order valence-corrected chi connectivity index (χ0v) is 19.0. The number of hydrogen-bond donors (Lipinski definition) is 3. The van der Waals surface area contributed by atoms with Crippen molar-refractivity contribution in [2.75, 3.05) is 11.5 Å². The summed E-state index contributed by atoms with van der Waals surface area (Å²) >= 11 is 0. The Kier molecular flexibility index (Phi) is 11.2. The Bertz CT molecular complexity index is 693. The van der Waals surface area contributed by atoms with Crippen LogP contribution in [0.5, 0.6) is 0 Å². The average Bonchev–Trinajstić information content (AvgIpc) is 3.18. The van der Waals surface area contributed by atoms with E-state index in [1.54, 1.807) is 0 Å². The molecular weight excluding hydrogens is 374 g/mol. The zero-order valence-electron chi connectivity index (χ0n) is 19.0. The second kappa shape index (κ2) is 13.9. The van der Waals surface area contributed by atoms with E-state index >= 15 is 0 Å². The normalized spacial score (nSPS) is 12.3. The van der Waals surface area contributed by atoms with Gasteiger partial charge in [0.25, 0.3) is 0 Å². The summed E-state index contributed by atoms with van der Waals surface area (Å²) in [5, 5.41) is 0. The van der Waals surface area contributed by atoms with Gasteiger partial charge in [-0.2, -0.15) is 15.0 Å². The third kappa shape index (κ3) is 8.67. The maximum absolute atomic E-state index is 5.81. The lowest BCUT2D eigenvalue weighted by Gasteiger charge is -2.14. The average molecular weight is 416 g/mol. The van der Waals surface area contributed by atoms with E-state index in [9.17, 15) is 0 Å². The third-order valence-corrected chi connectivity index (χ3v) is 5.64. The van der Waals surface area contributed by atoms with E-state index in [1.165, 1.54) is 70.6 Å². The molecule has 2 aromatic rings. The first kappa shape index (κ1) is 24.1. The van der Waals surface area contributed by atoms with Crippen LogP contribution in [0.1, 0.15) is 121 Å². The molecule has 0 fully saturated rings. The number of unbranched alkanes of at least 4 members (excludes halogenated alkanes) is 10. The minimum absolute atomic E-state index is 0.0218. The van der Waals surface area contributed by atoms with Gasteiger partial charge in [0.05, 0.1) is 5.92 Å². The van der Waals surface area contributed by atoms with Crippen LogP contribution in [0, 0.1) is 0 Å². The molecule has 7 heteroatoms. The Balaban J connectivity index is 1.85. The summed E-state index contributed by atoms with van der Waals surface area (Å²) in [6.45, 7) is 4.47. The minimum atomic E-state index is 0.0218. The topological polar surface area (TPSA) is 119 Å². The van der Waals surface area contributed by atoms with E-state index < -0.39 is 0 Å². The molecule has 30 heavy (non-hydrogen) atoms. The van der Waals surface area contributed by atoms with Crippen molar-refractivity contribution in [1.29, 1.82) is 0 Å². The second-order valence-corrected chi connectivity index (χ2v) is 8.32. The highest BCUT2D eigenvalue weighted by Gasteiger charge is 2.20. The SMILES string of the molecule is CCCCCCCCCCCc1ncc(C(CCCCC)c2nc(N)nc(N)n2)[nH]1. The predicted octanol–water partition coefficient (Wildman–Crippen LogP) is 5.54. The first-order chi connectivity index (χ1) is 14.6. The number of hydrogen-bond acceptors (Lipinski definition) is 6. The van der Waals surface area contributed by atoms with E-state index in [1.807, 2.05) is 6.20 Å². The van der Waals surface area contributed by atoms with E-state index in [0.29, 0.717) is 5.82 Å². The van der Waals surface area contributed by atoms with Crippen LogP contribution < -0.4 is 11.5 Å². The molecule has 0 aliphatic carbocycles. The number of H-pyrrole nitrogens is 1. The molecule has 0 aromatic carbocycles. The maximum Gasteiger partial charge on any atom is 0.225 e. The Hall–Kier alpha value is -2.18. The van der Waals surface area contributed by atoms with Crippen molar-refractivity contribution in [2.45, 2.75) is 110 Å². The molecule has 0 saturated heterocycles. The number of nitrogens with zero attached hydrogens (tertiary/aromatic N) is 4. The fraction of sp³-hybridized carbons (Fsp3) is 0.739. The van der Waals surface area contributed by atoms with Crippen LogP contribution in [0.3, 0.4) is 0 Å². The quantitative estimate of drug-likeness (QED) is 0.309. The van der Waals surface area contributed by atoms with Gasteiger partial charge in [-0.25, -0.2) is 4.98 Å². The van der Waals surface area contributed by atoms with Gasteiger partial charge in [0, 0.05) is 18.3 Å². The van der Waals surface area contributed by atoms with E-state index in [-0.39, 0.29) is 17.8 Å². The molecule has 5 N–H and O–H groups in total. The predicted molar refractivity (Wildman–Crippen MR) is 124 cm³/mol. The monoisotopic (exact) mass is 415 g/mol. The van der Waals surface area contributed by atoms with Crippen molar-refractivity contribution in [3.8, 4) is 0 Å². The summed E-state index contributed by atoms with van der Waals surface area (Å²) in [5.41, 5.74) is 12.7. The number of nitrogens with one attached hydrogen (secondary N) is 1. The molecule has 168 valence electrons. The lowest BCUT2D eigenvalue weighted by Crippen LogP contribution is -2.12. The molecule has 2 rings (SSSR count). The Morgan fingerprint density at radius 2 is 1.33 bits per heavy atom. The van der Waals surface area contributed by atoms with E-state index in [0.717, 1.165) is 30.8 Å². The molecule has 2 aromatic heterocycles. The van der Waals surface area contributed by atoms with E-state index in [2.05, 4.69) is 38.8 Å². The molecule has 0 radical (unpaired) electrons. The van der Waals surface area contributed by atoms with E-state index in [4.69, 9.17) is 11.5 Å². The molecule has 0 spiro atoms. The molecule has 0 aliphatic rings. The summed E-state index contributed by atoms with van der Waals surface area (Å²) in [4.78, 5) is 20.7. The standard InChI is InChI=1S/C23H41N7/c1-3-5-7-8-9-10-11-12-14-16-20-26-17-19(27-20)18(15-13-6-4-2)21-28-22(24)30-23(25)29-21/h17-18H,3-16H2,1-2H3,(H,26,27)(H4,24,25,28,29,30). The first-order valence-electron chi connectivity index (χ1n) is 11.9. The van der Waals surface area contributed by atoms with Crippen molar-refractivity contribution in [2.24, 2.45) is 0 Å². The number of rotatable bonds is 16. The highest BCUT2D eigenvalue weighted by atomic mass is 15.1. The fourth-order valence-corrected chi connectivity index (χ4v) is 3.89. The highest BCUT2D eigenvalue weighted by Crippen LogP contribution is 2.27. The molecule has 0 saturated carbocycles. The maximum atomic E-state index is 5.81. The van der Waals surface area contributed by atoms with Crippen molar-refractivity contribution < 1.29 is 0 Å². The van der Waals surface area contributed by atoms with Gasteiger partial charge in [0.2, 0.25) is 11.9 Å². The Morgan fingerprint density at radius 1 is 0.767 bits per heavy atom. The number of nitrogens with two attached hydrogens (primary N) is 2. The van der Waals surface area contributed by atoms with Gasteiger partial charge in [-0.1, -0.05) is 84.5 Å². The van der Waals surface area contributed by atoms with Crippen LogP contribution in [0.25, 0.3) is 0 Å². The number of aromatic nitrogens is 5. The molecule has 0 aliphatic heterocycles. The second-order valence-electron chi connectivity index (χ2n) is 8.32. The fourth-order valence-electron chi connectivity index (χ4n) is 3.89. The zero-order chi connectivity index (χ0) is 21.6. The lowest BCUT2D eigenvalue weighted by atomic mass is 9.97. The smallest absolute Gasteiger partial charge is 0.225 e. The third-order valence-electron chi connectivity index (χ3n) is 5.64. The van der Waals surface area contributed by atoms with Gasteiger partial charge in [0.15, 0.2) is 0 Å². The molecule has 0 amide bonds. The molecule has 1 unspecified atom stereocenters. The number of aromatic amines is 1. The first-order valence-corrected chi connectivity index (χ1v) is 11.9. The minimum Gasteiger partial charge on any atom is -0.368 e. The van der Waals surface area contributed by atoms with Gasteiger partial charge >= 0.3 is 0 Å². The number of imidazole rings is 1. The summed E-state index contributed by atoms with van der Waals surface area (Å²) in [5.74, 6) is 2.05. The van der Waals surface area contributed by atoms with Crippen molar-refractivity contribution in [3.05, 3.63) is 23.5 Å². The van der Waals surface area contributed by atoms with Crippen LogP contribution in [-0.4, -0.2) is 24.9 Å². The molecular formula is C23H41N7. The largest absolute Gasteiger partial charge is 0.368 e. The summed E-state index contributed by atoms with van der Waals surface area (Å²) in [6.07, 6.45) is 19.3. The van der Waals surface area contributed by atoms with Crippen LogP contribution in [0.4, 0.5) is 11.9 Å². The van der Waals surface area contributed by atoms with Crippen LogP contribution in [0.15, 0.2) is 6.20 Å². The number of nitrogen functional groups attached to an aromatic ring is 2. The Labute approximate surface area is 181 Å². The summed E-state index contributed by atoms with van der Waals surface area (Å²) in [6, 6.07) is 0. The van der Waals surface area contributed by atoms with Gasteiger partial charge in [-0.3, -0.25) is 0 Å². The number of aryl methyl sites for hydroxylation is 1. The van der Waals surface area contributed by atoms with Gasteiger partial charge in [-0.15, -0.1) is 0 Å².